The van der Waals surface area contributed by atoms with Crippen molar-refractivity contribution in [1.29, 1.82) is 0 Å². The van der Waals surface area contributed by atoms with Crippen LogP contribution in [-0.4, -0.2) is 9.97 Å². The smallest absolute Gasteiger partial charge is 0.300 e. The fourth-order valence-corrected chi connectivity index (χ4v) is 4.10. The number of pyridine rings is 2. The van der Waals surface area contributed by atoms with E-state index < -0.39 is 0 Å². The van der Waals surface area contributed by atoms with E-state index in [1.807, 2.05) is 0 Å². The molecule has 0 spiro atoms. The standard InChI is InChI=1S/C33H36N2.Pt/c1-31(2,3)25-19-15-23(16-20-25)27-11-9-13-29(34-27)33(7,8)30-14-10-12-28(35-30)24-17-21-26(22-18-24)32(4,5)6;/h9-15,17,19-22H,1-8H3;/q-2;+2. The predicted octanol–water partition coefficient (Wildman–Crippen LogP) is 8.33. The minimum Gasteiger partial charge on any atom is -0.300 e. The molecule has 0 unspecified atom stereocenters. The summed E-state index contributed by atoms with van der Waals surface area (Å²) in [6.45, 7) is 17.7. The van der Waals surface area contributed by atoms with Crippen molar-refractivity contribution in [2.75, 3.05) is 0 Å². The van der Waals surface area contributed by atoms with E-state index >= 15 is 0 Å². The number of benzene rings is 2. The van der Waals surface area contributed by atoms with E-state index in [-0.39, 0.29) is 37.3 Å². The molecule has 0 saturated carbocycles. The van der Waals surface area contributed by atoms with Gasteiger partial charge in [0.2, 0.25) is 0 Å². The summed E-state index contributed by atoms with van der Waals surface area (Å²) in [6, 6.07) is 32.1. The second-order valence-corrected chi connectivity index (χ2v) is 11.9. The van der Waals surface area contributed by atoms with Crippen molar-refractivity contribution in [3.05, 3.63) is 107 Å². The maximum absolute atomic E-state index is 5.04. The molecule has 2 nitrogen and oxygen atoms in total. The maximum atomic E-state index is 5.04. The average molecular weight is 656 g/mol. The summed E-state index contributed by atoms with van der Waals surface area (Å²) in [5, 5.41) is 0. The van der Waals surface area contributed by atoms with Gasteiger partial charge in [-0.05, 0) is 48.2 Å². The summed E-state index contributed by atoms with van der Waals surface area (Å²) in [5.41, 5.74) is 8.23. The average Bonchev–Trinajstić information content (AvgIpc) is 2.83. The third-order valence-corrected chi connectivity index (χ3v) is 6.69. The molecule has 2 aromatic carbocycles. The first-order valence-corrected chi connectivity index (χ1v) is 12.4. The fraction of sp³-hybridized carbons (Fsp3) is 0.333. The molecule has 0 aliphatic rings. The van der Waals surface area contributed by atoms with Crippen LogP contribution >= 0.6 is 0 Å². The van der Waals surface area contributed by atoms with Gasteiger partial charge in [-0.2, -0.15) is 0 Å². The summed E-state index contributed by atoms with van der Waals surface area (Å²) in [5.74, 6) is 0. The predicted molar refractivity (Wildman–Crippen MR) is 147 cm³/mol. The molecule has 2 aromatic heterocycles. The molecule has 2 heterocycles. The molecule has 3 heteroatoms. The SMILES string of the molecule is CC(C)(C)c1c[c-]c(-c2cccc(C(C)(C)c3cccc(-c4[c-]cc(C(C)(C)C)cc4)n3)n2)cc1.[Pt+2]. The molecule has 0 N–H and O–H groups in total. The minimum atomic E-state index is -0.358. The molecule has 0 radical (unpaired) electrons. The number of hydrogen-bond donors (Lipinski definition) is 0. The van der Waals surface area contributed by atoms with E-state index in [9.17, 15) is 0 Å². The minimum absolute atomic E-state index is 0. The zero-order valence-corrected chi connectivity index (χ0v) is 24.9. The van der Waals surface area contributed by atoms with Crippen LogP contribution in [0, 0.1) is 12.1 Å². The monoisotopic (exact) mass is 655 g/mol. The van der Waals surface area contributed by atoms with Gasteiger partial charge in [-0.3, -0.25) is 0 Å². The molecule has 0 fully saturated rings. The van der Waals surface area contributed by atoms with Crippen LogP contribution in [0.15, 0.2) is 72.8 Å². The Kier molecular flexibility index (Phi) is 8.11. The van der Waals surface area contributed by atoms with Crippen LogP contribution < -0.4 is 0 Å². The maximum Gasteiger partial charge on any atom is 2.00 e. The number of aromatic nitrogens is 2. The zero-order valence-electron chi connectivity index (χ0n) is 22.6. The van der Waals surface area contributed by atoms with Gasteiger partial charge in [0.15, 0.2) is 0 Å². The van der Waals surface area contributed by atoms with Gasteiger partial charge >= 0.3 is 21.1 Å². The molecule has 4 rings (SSSR count). The Morgan fingerprint density at radius 3 is 1.22 bits per heavy atom. The van der Waals surface area contributed by atoms with E-state index in [0.717, 1.165) is 33.9 Å². The summed E-state index contributed by atoms with van der Waals surface area (Å²) >= 11 is 0. The van der Waals surface area contributed by atoms with Crippen molar-refractivity contribution in [1.82, 2.24) is 9.97 Å². The van der Waals surface area contributed by atoms with Gasteiger partial charge in [-0.15, -0.1) is 70.8 Å². The second kappa shape index (κ2) is 10.4. The molecular formula is C33H36N2Pt. The molecule has 0 aliphatic carbocycles. The van der Waals surface area contributed by atoms with E-state index in [0.29, 0.717) is 0 Å². The Bertz CT molecular complexity index is 1200. The quantitative estimate of drug-likeness (QED) is 0.207. The normalized spacial score (nSPS) is 12.2. The van der Waals surface area contributed by atoms with Crippen molar-refractivity contribution in [3.63, 3.8) is 0 Å². The summed E-state index contributed by atoms with van der Waals surface area (Å²) in [4.78, 5) is 10.1. The van der Waals surface area contributed by atoms with E-state index in [2.05, 4.69) is 140 Å². The van der Waals surface area contributed by atoms with Crippen LogP contribution in [0.5, 0.6) is 0 Å². The summed E-state index contributed by atoms with van der Waals surface area (Å²) in [7, 11) is 0. The molecule has 0 amide bonds. The van der Waals surface area contributed by atoms with E-state index in [1.165, 1.54) is 11.1 Å². The topological polar surface area (TPSA) is 25.8 Å². The van der Waals surface area contributed by atoms with Crippen molar-refractivity contribution in [2.24, 2.45) is 0 Å². The molecule has 0 atom stereocenters. The molecule has 0 bridgehead atoms. The van der Waals surface area contributed by atoms with Crippen LogP contribution in [0.4, 0.5) is 0 Å². The molecule has 36 heavy (non-hydrogen) atoms. The van der Waals surface area contributed by atoms with Crippen LogP contribution in [0.3, 0.4) is 0 Å². The number of rotatable bonds is 4. The molecule has 188 valence electrons. The van der Waals surface area contributed by atoms with Crippen LogP contribution in [0.2, 0.25) is 0 Å². The number of hydrogen-bond acceptors (Lipinski definition) is 2. The Morgan fingerprint density at radius 2 is 0.917 bits per heavy atom. The molecule has 0 saturated heterocycles. The summed E-state index contributed by atoms with van der Waals surface area (Å²) < 4.78 is 0. The van der Waals surface area contributed by atoms with Gasteiger partial charge in [0.1, 0.15) is 0 Å². The third kappa shape index (κ3) is 6.04. The Morgan fingerprint density at radius 1 is 0.528 bits per heavy atom. The molecular weight excluding hydrogens is 619 g/mol. The van der Waals surface area contributed by atoms with Gasteiger partial charge in [-0.1, -0.05) is 65.8 Å². The van der Waals surface area contributed by atoms with Gasteiger partial charge < -0.3 is 9.97 Å². The van der Waals surface area contributed by atoms with E-state index in [1.54, 1.807) is 0 Å². The van der Waals surface area contributed by atoms with Crippen molar-refractivity contribution < 1.29 is 21.1 Å². The van der Waals surface area contributed by atoms with Gasteiger partial charge in [0, 0.05) is 16.8 Å². The van der Waals surface area contributed by atoms with Crippen molar-refractivity contribution >= 4 is 0 Å². The van der Waals surface area contributed by atoms with Gasteiger partial charge in [-0.25, -0.2) is 0 Å². The van der Waals surface area contributed by atoms with Crippen LogP contribution in [-0.2, 0) is 37.3 Å². The second-order valence-electron chi connectivity index (χ2n) is 11.9. The Balaban J connectivity index is 0.00000361. The van der Waals surface area contributed by atoms with Gasteiger partial charge in [0.05, 0.1) is 0 Å². The summed E-state index contributed by atoms with van der Waals surface area (Å²) in [6.07, 6.45) is 0. The van der Waals surface area contributed by atoms with E-state index in [4.69, 9.17) is 9.97 Å². The first kappa shape index (κ1) is 28.0. The first-order chi connectivity index (χ1) is 16.4. The molecule has 4 aromatic rings. The Labute approximate surface area is 231 Å². The van der Waals surface area contributed by atoms with Crippen molar-refractivity contribution in [2.45, 2.75) is 71.6 Å². The fourth-order valence-electron chi connectivity index (χ4n) is 4.10. The Hall–Kier alpha value is -2.57. The first-order valence-electron chi connectivity index (χ1n) is 12.4. The number of nitrogens with zero attached hydrogens (tertiary/aromatic N) is 2. The largest absolute Gasteiger partial charge is 2.00 e. The van der Waals surface area contributed by atoms with Crippen LogP contribution in [0.1, 0.15) is 77.9 Å². The van der Waals surface area contributed by atoms with Crippen molar-refractivity contribution in [3.8, 4) is 22.5 Å². The zero-order chi connectivity index (χ0) is 25.4. The molecule has 0 aliphatic heterocycles. The third-order valence-electron chi connectivity index (χ3n) is 6.69. The van der Waals surface area contributed by atoms with Gasteiger partial charge in [0.25, 0.3) is 0 Å². The van der Waals surface area contributed by atoms with Crippen LogP contribution in [0.25, 0.3) is 22.5 Å².